The Labute approximate surface area is 205 Å². The molecular weight excluding hydrogens is 475 g/mol. The lowest BCUT2D eigenvalue weighted by molar-refractivity contribution is -0.136. The largest absolute Gasteiger partial charge is 0.497 e. The van der Waals surface area contributed by atoms with Crippen molar-refractivity contribution in [2.75, 3.05) is 17.7 Å². The summed E-state index contributed by atoms with van der Waals surface area (Å²) in [5.74, 6) is 0.741. The number of aromatic amines is 1. The highest BCUT2D eigenvalue weighted by molar-refractivity contribution is 7.80. The second-order valence-corrected chi connectivity index (χ2v) is 8.43. The number of anilines is 2. The summed E-state index contributed by atoms with van der Waals surface area (Å²) < 4.78 is 45.8. The lowest BCUT2D eigenvalue weighted by Gasteiger charge is -2.16. The van der Waals surface area contributed by atoms with Gasteiger partial charge in [-0.2, -0.15) is 13.2 Å². The van der Waals surface area contributed by atoms with Crippen LogP contribution in [0.1, 0.15) is 22.3 Å². The molecule has 1 heterocycles. The Morgan fingerprint density at radius 3 is 2.46 bits per heavy atom. The van der Waals surface area contributed by atoms with Gasteiger partial charge in [0.15, 0.2) is 5.11 Å². The van der Waals surface area contributed by atoms with Gasteiger partial charge in [0.2, 0.25) is 5.56 Å². The number of halogens is 3. The Morgan fingerprint density at radius 1 is 1.00 bits per heavy atom. The average molecular weight is 498 g/mol. The Kier molecular flexibility index (Phi) is 6.79. The summed E-state index contributed by atoms with van der Waals surface area (Å²) in [6.45, 7) is 1.93. The van der Waals surface area contributed by atoms with Gasteiger partial charge in [-0.25, -0.2) is 0 Å². The molecule has 0 aliphatic rings. The van der Waals surface area contributed by atoms with Crippen LogP contribution in [0, 0.1) is 6.92 Å². The standard InChI is InChI=1S/C26H22F3N3O2S/c1-15-11-18(34-2)8-10-21(15)31-25(35)32-22-6-4-3-5-17(22)12-16-7-9-23-19(13-16)20(26(27,28)29)14-24(33)30-23/h3-11,13-14H,12H2,1-2H3,(H,30,33)(H2,31,32,35). The molecule has 0 fully saturated rings. The van der Waals surface area contributed by atoms with E-state index in [4.69, 9.17) is 17.0 Å². The van der Waals surface area contributed by atoms with Crippen molar-refractivity contribution in [3.63, 3.8) is 0 Å². The molecule has 180 valence electrons. The number of nitrogens with one attached hydrogen (secondary N) is 3. The van der Waals surface area contributed by atoms with Crippen molar-refractivity contribution < 1.29 is 17.9 Å². The maximum atomic E-state index is 13.5. The van der Waals surface area contributed by atoms with Crippen molar-refractivity contribution >= 4 is 39.6 Å². The molecular formula is C26H22F3N3O2S. The average Bonchev–Trinajstić information content (AvgIpc) is 2.80. The number of hydrogen-bond acceptors (Lipinski definition) is 3. The number of H-pyrrole nitrogens is 1. The van der Waals surface area contributed by atoms with E-state index in [2.05, 4.69) is 15.6 Å². The highest BCUT2D eigenvalue weighted by Gasteiger charge is 2.33. The van der Waals surface area contributed by atoms with Crippen LogP contribution in [0.3, 0.4) is 0 Å². The molecule has 0 spiro atoms. The van der Waals surface area contributed by atoms with Crippen molar-refractivity contribution in [1.82, 2.24) is 4.98 Å². The maximum absolute atomic E-state index is 13.5. The number of para-hydroxylation sites is 1. The number of rotatable bonds is 5. The Morgan fingerprint density at radius 2 is 1.74 bits per heavy atom. The molecule has 3 aromatic carbocycles. The van der Waals surface area contributed by atoms with Crippen LogP contribution in [-0.4, -0.2) is 17.2 Å². The number of thiocarbonyl (C=S) groups is 1. The number of hydrogen-bond donors (Lipinski definition) is 3. The van der Waals surface area contributed by atoms with E-state index in [0.29, 0.717) is 23.2 Å². The zero-order chi connectivity index (χ0) is 25.2. The highest BCUT2D eigenvalue weighted by Crippen LogP contribution is 2.34. The molecule has 4 rings (SSSR count). The first kappa shape index (κ1) is 24.3. The van der Waals surface area contributed by atoms with E-state index in [1.807, 2.05) is 49.4 Å². The van der Waals surface area contributed by atoms with Gasteiger partial charge < -0.3 is 20.4 Å². The molecule has 3 N–H and O–H groups in total. The number of aryl methyl sites for hydroxylation is 1. The molecule has 1 aromatic heterocycles. The summed E-state index contributed by atoms with van der Waals surface area (Å²) in [6.07, 6.45) is -4.28. The summed E-state index contributed by atoms with van der Waals surface area (Å²) in [5.41, 5.74) is 2.41. The lowest BCUT2D eigenvalue weighted by atomic mass is 9.99. The molecule has 0 amide bonds. The van der Waals surface area contributed by atoms with E-state index in [-0.39, 0.29) is 10.9 Å². The molecule has 0 aliphatic heterocycles. The van der Waals surface area contributed by atoms with Gasteiger partial charge in [-0.3, -0.25) is 4.79 Å². The van der Waals surface area contributed by atoms with Crippen LogP contribution in [0.5, 0.6) is 5.75 Å². The van der Waals surface area contributed by atoms with Crippen molar-refractivity contribution in [3.8, 4) is 5.75 Å². The Bertz CT molecular complexity index is 1460. The van der Waals surface area contributed by atoms with Crippen molar-refractivity contribution in [3.05, 3.63) is 99.3 Å². The molecule has 0 saturated heterocycles. The molecule has 35 heavy (non-hydrogen) atoms. The minimum absolute atomic E-state index is 0.0489. The highest BCUT2D eigenvalue weighted by atomic mass is 32.1. The Balaban J connectivity index is 1.58. The van der Waals surface area contributed by atoms with E-state index in [0.717, 1.165) is 28.3 Å². The minimum atomic E-state index is -4.64. The molecule has 4 aromatic rings. The zero-order valence-corrected chi connectivity index (χ0v) is 19.7. The third-order valence-electron chi connectivity index (χ3n) is 5.55. The van der Waals surface area contributed by atoms with Crippen molar-refractivity contribution in [1.29, 1.82) is 0 Å². The van der Waals surface area contributed by atoms with Crippen LogP contribution in [-0.2, 0) is 12.6 Å². The van der Waals surface area contributed by atoms with Crippen molar-refractivity contribution in [2.45, 2.75) is 19.5 Å². The van der Waals surface area contributed by atoms with Gasteiger partial charge in [0, 0.05) is 28.3 Å². The van der Waals surface area contributed by atoms with Crippen LogP contribution in [0.25, 0.3) is 10.9 Å². The predicted molar refractivity (Wildman–Crippen MR) is 136 cm³/mol. The fraction of sp³-hybridized carbons (Fsp3) is 0.154. The number of pyridine rings is 1. The van der Waals surface area contributed by atoms with Gasteiger partial charge in [0.1, 0.15) is 5.75 Å². The summed E-state index contributed by atoms with van der Waals surface area (Å²) in [5, 5.41) is 6.66. The summed E-state index contributed by atoms with van der Waals surface area (Å²) >= 11 is 5.48. The van der Waals surface area contributed by atoms with Crippen LogP contribution in [0.15, 0.2) is 71.5 Å². The molecule has 5 nitrogen and oxygen atoms in total. The van der Waals surface area contributed by atoms with Gasteiger partial charge >= 0.3 is 6.18 Å². The lowest BCUT2D eigenvalue weighted by Crippen LogP contribution is -2.20. The van der Waals surface area contributed by atoms with Crippen LogP contribution >= 0.6 is 12.2 Å². The van der Waals surface area contributed by atoms with Gasteiger partial charge in [-0.1, -0.05) is 24.3 Å². The third kappa shape index (κ3) is 5.63. The Hall–Kier alpha value is -3.85. The first-order chi connectivity index (χ1) is 16.6. The second kappa shape index (κ2) is 9.79. The fourth-order valence-electron chi connectivity index (χ4n) is 3.84. The molecule has 0 atom stereocenters. The maximum Gasteiger partial charge on any atom is 0.417 e. The van der Waals surface area contributed by atoms with E-state index in [1.54, 1.807) is 13.2 Å². The monoisotopic (exact) mass is 497 g/mol. The molecule has 0 aliphatic carbocycles. The van der Waals surface area contributed by atoms with Crippen LogP contribution in [0.2, 0.25) is 0 Å². The normalized spacial score (nSPS) is 11.3. The van der Waals surface area contributed by atoms with Gasteiger partial charge in [-0.05, 0) is 78.7 Å². The number of alkyl halides is 3. The van der Waals surface area contributed by atoms with Crippen molar-refractivity contribution in [2.24, 2.45) is 0 Å². The summed E-state index contributed by atoms with van der Waals surface area (Å²) in [6, 6.07) is 18.3. The van der Waals surface area contributed by atoms with E-state index in [1.165, 1.54) is 12.1 Å². The SMILES string of the molecule is COc1ccc(NC(=S)Nc2ccccc2Cc2ccc3[nH]c(=O)cc(C(F)(F)F)c3c2)c(C)c1. The zero-order valence-electron chi connectivity index (χ0n) is 18.9. The molecule has 0 saturated carbocycles. The van der Waals surface area contributed by atoms with Crippen LogP contribution in [0.4, 0.5) is 24.5 Å². The number of aromatic nitrogens is 1. The number of benzene rings is 3. The minimum Gasteiger partial charge on any atom is -0.497 e. The molecule has 0 unspecified atom stereocenters. The van der Waals surface area contributed by atoms with Gasteiger partial charge in [-0.15, -0.1) is 0 Å². The first-order valence-electron chi connectivity index (χ1n) is 10.7. The topological polar surface area (TPSA) is 66.2 Å². The second-order valence-electron chi connectivity index (χ2n) is 8.02. The van der Waals surface area contributed by atoms with Gasteiger partial charge in [0.05, 0.1) is 12.7 Å². The fourth-order valence-corrected chi connectivity index (χ4v) is 4.06. The quantitative estimate of drug-likeness (QED) is 0.284. The number of methoxy groups -OCH3 is 1. The van der Waals surface area contributed by atoms with Crippen LogP contribution < -0.4 is 20.9 Å². The summed E-state index contributed by atoms with van der Waals surface area (Å²) in [7, 11) is 1.60. The van der Waals surface area contributed by atoms with Gasteiger partial charge in [0.25, 0.3) is 0 Å². The number of ether oxygens (including phenoxy) is 1. The van der Waals surface area contributed by atoms with E-state index in [9.17, 15) is 18.0 Å². The predicted octanol–water partition coefficient (Wildman–Crippen LogP) is 6.26. The third-order valence-corrected chi connectivity index (χ3v) is 5.76. The molecule has 0 radical (unpaired) electrons. The first-order valence-corrected chi connectivity index (χ1v) is 11.1. The molecule has 0 bridgehead atoms. The van der Waals surface area contributed by atoms with E-state index >= 15 is 0 Å². The summed E-state index contributed by atoms with van der Waals surface area (Å²) in [4.78, 5) is 14.1. The van der Waals surface area contributed by atoms with E-state index < -0.39 is 17.3 Å². The number of fused-ring (bicyclic) bond motifs is 1. The smallest absolute Gasteiger partial charge is 0.417 e. The molecule has 9 heteroatoms.